The van der Waals surface area contributed by atoms with Crippen LogP contribution in [0.2, 0.25) is 0 Å². The molecule has 0 aliphatic carbocycles. The van der Waals surface area contributed by atoms with E-state index in [-0.39, 0.29) is 5.41 Å². The van der Waals surface area contributed by atoms with Crippen molar-refractivity contribution in [3.8, 4) is 0 Å². The number of aliphatic hydroxyl groups is 1. The molecule has 1 aromatic rings. The lowest BCUT2D eigenvalue weighted by Crippen LogP contribution is -2.43. The van der Waals surface area contributed by atoms with Crippen LogP contribution in [0, 0.1) is 19.3 Å². The van der Waals surface area contributed by atoms with Crippen molar-refractivity contribution in [1.29, 1.82) is 0 Å². The third-order valence-corrected chi connectivity index (χ3v) is 5.27. The fourth-order valence-corrected chi connectivity index (χ4v) is 3.34. The van der Waals surface area contributed by atoms with Crippen molar-refractivity contribution in [3.63, 3.8) is 0 Å². The van der Waals surface area contributed by atoms with Gasteiger partial charge < -0.3 is 14.9 Å². The van der Waals surface area contributed by atoms with Crippen LogP contribution in [-0.4, -0.2) is 48.9 Å². The summed E-state index contributed by atoms with van der Waals surface area (Å²) in [6, 6.07) is 0. The van der Waals surface area contributed by atoms with Gasteiger partial charge in [-0.15, -0.1) is 0 Å². The minimum Gasteiger partial charge on any atom is -0.396 e. The molecule has 1 fully saturated rings. The molecule has 0 radical (unpaired) electrons. The minimum atomic E-state index is 0.118. The molecule has 0 bridgehead atoms. The Morgan fingerprint density at radius 2 is 1.83 bits per heavy atom. The molecule has 5 nitrogen and oxygen atoms in total. The Bertz CT molecular complexity index is 522. The van der Waals surface area contributed by atoms with E-state index in [9.17, 15) is 5.11 Å². The third kappa shape index (κ3) is 3.94. The van der Waals surface area contributed by atoms with Gasteiger partial charge in [0.15, 0.2) is 0 Å². The molecule has 2 rings (SSSR count). The molecule has 130 valence electrons. The van der Waals surface area contributed by atoms with Gasteiger partial charge in [-0.1, -0.05) is 19.8 Å². The van der Waals surface area contributed by atoms with Crippen molar-refractivity contribution >= 4 is 11.8 Å². The summed E-state index contributed by atoms with van der Waals surface area (Å²) < 4.78 is 0. The molecule has 0 unspecified atom stereocenters. The van der Waals surface area contributed by atoms with Gasteiger partial charge in [0.25, 0.3) is 0 Å². The van der Waals surface area contributed by atoms with Gasteiger partial charge in [-0.3, -0.25) is 0 Å². The van der Waals surface area contributed by atoms with Crippen molar-refractivity contribution in [2.45, 2.75) is 52.9 Å². The number of rotatable bonds is 6. The first-order valence-corrected chi connectivity index (χ1v) is 8.81. The summed E-state index contributed by atoms with van der Waals surface area (Å²) in [7, 11) is 3.96. The molecule has 0 saturated carbocycles. The number of unbranched alkanes of at least 4 members (excludes halogenated alkanes) is 1. The summed E-state index contributed by atoms with van der Waals surface area (Å²) in [4.78, 5) is 13.7. The zero-order valence-electron chi connectivity index (χ0n) is 15.4. The average molecular weight is 320 g/mol. The normalized spacial score (nSPS) is 17.4. The molecule has 0 spiro atoms. The molecule has 1 aliphatic heterocycles. The zero-order chi connectivity index (χ0) is 17.0. The van der Waals surface area contributed by atoms with Crippen LogP contribution >= 0.6 is 0 Å². The summed E-state index contributed by atoms with van der Waals surface area (Å²) in [5, 5.41) is 9.89. The molecule has 0 amide bonds. The lowest BCUT2D eigenvalue weighted by atomic mass is 9.75. The highest BCUT2D eigenvalue weighted by Crippen LogP contribution is 2.38. The van der Waals surface area contributed by atoms with Crippen LogP contribution in [0.25, 0.3) is 0 Å². The van der Waals surface area contributed by atoms with E-state index in [1.54, 1.807) is 0 Å². The molecular weight excluding hydrogens is 288 g/mol. The van der Waals surface area contributed by atoms with Crippen molar-refractivity contribution in [2.75, 3.05) is 43.6 Å². The second-order valence-electron chi connectivity index (χ2n) is 7.20. The summed E-state index contributed by atoms with van der Waals surface area (Å²) in [6.45, 7) is 8.62. The molecule has 23 heavy (non-hydrogen) atoms. The van der Waals surface area contributed by atoms with Crippen LogP contribution in [0.3, 0.4) is 0 Å². The Morgan fingerprint density at radius 1 is 1.17 bits per heavy atom. The smallest absolute Gasteiger partial charge is 0.227 e. The fourth-order valence-electron chi connectivity index (χ4n) is 3.34. The van der Waals surface area contributed by atoms with E-state index < -0.39 is 0 Å². The summed E-state index contributed by atoms with van der Waals surface area (Å²) in [6.07, 6.45) is 5.63. The second kappa shape index (κ2) is 7.47. The molecular formula is C18H32N4O. The second-order valence-corrected chi connectivity index (χ2v) is 7.20. The maximum atomic E-state index is 9.89. The lowest BCUT2D eigenvalue weighted by molar-refractivity contribution is 0.0845. The Kier molecular flexibility index (Phi) is 5.84. The first-order chi connectivity index (χ1) is 10.9. The minimum absolute atomic E-state index is 0.118. The summed E-state index contributed by atoms with van der Waals surface area (Å²) >= 11 is 0. The van der Waals surface area contributed by atoms with Crippen LogP contribution in [0.1, 0.15) is 50.3 Å². The average Bonchev–Trinajstić information content (AvgIpc) is 2.56. The van der Waals surface area contributed by atoms with E-state index in [0.29, 0.717) is 6.61 Å². The summed E-state index contributed by atoms with van der Waals surface area (Å²) in [5.74, 6) is 1.83. The molecule has 5 heteroatoms. The van der Waals surface area contributed by atoms with Crippen molar-refractivity contribution < 1.29 is 5.11 Å². The van der Waals surface area contributed by atoms with Crippen molar-refractivity contribution in [3.05, 3.63) is 11.3 Å². The number of anilines is 2. The van der Waals surface area contributed by atoms with E-state index in [1.165, 1.54) is 18.4 Å². The Hall–Kier alpha value is -1.36. The van der Waals surface area contributed by atoms with Gasteiger partial charge in [0, 0.05) is 45.0 Å². The Morgan fingerprint density at radius 3 is 2.35 bits per heavy atom. The van der Waals surface area contributed by atoms with E-state index in [1.807, 2.05) is 19.0 Å². The largest absolute Gasteiger partial charge is 0.396 e. The molecule has 0 atom stereocenters. The molecule has 1 aromatic heterocycles. The zero-order valence-corrected chi connectivity index (χ0v) is 15.4. The quantitative estimate of drug-likeness (QED) is 0.873. The molecule has 2 heterocycles. The first kappa shape index (κ1) is 18.0. The van der Waals surface area contributed by atoms with E-state index in [2.05, 4.69) is 30.7 Å². The van der Waals surface area contributed by atoms with E-state index in [0.717, 1.165) is 49.8 Å². The van der Waals surface area contributed by atoms with Gasteiger partial charge in [-0.2, -0.15) is 4.98 Å². The third-order valence-electron chi connectivity index (χ3n) is 5.27. The van der Waals surface area contributed by atoms with Gasteiger partial charge >= 0.3 is 0 Å². The van der Waals surface area contributed by atoms with Gasteiger partial charge in [0.2, 0.25) is 5.95 Å². The maximum absolute atomic E-state index is 9.89. The number of hydrogen-bond acceptors (Lipinski definition) is 5. The molecule has 1 N–H and O–H groups in total. The Balaban J connectivity index is 2.16. The summed E-state index contributed by atoms with van der Waals surface area (Å²) in [5.41, 5.74) is 2.33. The molecule has 0 aromatic carbocycles. The molecule has 1 saturated heterocycles. The van der Waals surface area contributed by atoms with Crippen molar-refractivity contribution in [1.82, 2.24) is 9.97 Å². The monoisotopic (exact) mass is 320 g/mol. The number of piperidine rings is 1. The van der Waals surface area contributed by atoms with Gasteiger partial charge in [-0.05, 0) is 38.5 Å². The predicted octanol–water partition coefficient (Wildman–Crippen LogP) is 2.93. The van der Waals surface area contributed by atoms with Crippen LogP contribution in [-0.2, 0) is 0 Å². The van der Waals surface area contributed by atoms with Crippen LogP contribution in [0.4, 0.5) is 11.8 Å². The highest BCUT2D eigenvalue weighted by molar-refractivity contribution is 5.52. The fraction of sp³-hybridized carbons (Fsp3) is 0.778. The highest BCUT2D eigenvalue weighted by Gasteiger charge is 2.34. The SMILES string of the molecule is CCCCC1(CO)CCN(c2nc(N(C)C)nc(C)c2C)CC1. The van der Waals surface area contributed by atoms with E-state index >= 15 is 0 Å². The number of nitrogens with zero attached hydrogens (tertiary/aromatic N) is 4. The lowest BCUT2D eigenvalue weighted by Gasteiger charge is -2.42. The first-order valence-electron chi connectivity index (χ1n) is 8.81. The van der Waals surface area contributed by atoms with Crippen LogP contribution in [0.5, 0.6) is 0 Å². The highest BCUT2D eigenvalue weighted by atomic mass is 16.3. The predicted molar refractivity (Wildman–Crippen MR) is 96.3 cm³/mol. The van der Waals surface area contributed by atoms with Gasteiger partial charge in [-0.25, -0.2) is 4.98 Å². The number of aryl methyl sites for hydroxylation is 1. The van der Waals surface area contributed by atoms with E-state index in [4.69, 9.17) is 4.98 Å². The number of hydrogen-bond donors (Lipinski definition) is 1. The maximum Gasteiger partial charge on any atom is 0.227 e. The Labute approximate surface area is 140 Å². The number of aliphatic hydroxyl groups excluding tert-OH is 1. The van der Waals surface area contributed by atoms with Crippen LogP contribution < -0.4 is 9.80 Å². The molecule has 1 aliphatic rings. The van der Waals surface area contributed by atoms with Gasteiger partial charge in [0.05, 0.1) is 0 Å². The number of aromatic nitrogens is 2. The topological polar surface area (TPSA) is 52.5 Å². The standard InChI is InChI=1S/C18H32N4O/c1-6-7-8-18(13-23)9-11-22(12-10-18)16-14(2)15(3)19-17(20-16)21(4)5/h23H,6-13H2,1-5H3. The van der Waals surface area contributed by atoms with Crippen molar-refractivity contribution in [2.24, 2.45) is 5.41 Å². The van der Waals surface area contributed by atoms with Gasteiger partial charge in [0.1, 0.15) is 5.82 Å². The van der Waals surface area contributed by atoms with Crippen LogP contribution in [0.15, 0.2) is 0 Å².